The van der Waals surface area contributed by atoms with Crippen LogP contribution < -0.4 is 0 Å². The van der Waals surface area contributed by atoms with Crippen LogP contribution in [-0.4, -0.2) is 17.4 Å². The van der Waals surface area contributed by atoms with Gasteiger partial charge < -0.3 is 4.98 Å². The lowest BCUT2D eigenvalue weighted by Crippen LogP contribution is -1.87. The van der Waals surface area contributed by atoms with Crippen LogP contribution in [0.25, 0.3) is 11.6 Å². The van der Waals surface area contributed by atoms with Crippen LogP contribution in [0.4, 0.5) is 5.82 Å². The molecule has 20 heavy (non-hydrogen) atoms. The standard InChI is InChI=1S/C17H19N3.H2/c1-4-15-16(12-20-17(15)18-3)14-8-6-5-7-11-19-13(2)9-10-14;/h4,7-12,20H,1,3,5-6H2,2H3;1H/b10-9-,11-7-,14-8+,19-13+;. The minimum absolute atomic E-state index is 0. The van der Waals surface area contributed by atoms with Crippen LogP contribution in [0.1, 0.15) is 32.3 Å². The monoisotopic (exact) mass is 267 g/mol. The van der Waals surface area contributed by atoms with E-state index in [0.29, 0.717) is 0 Å². The Labute approximate surface area is 121 Å². The van der Waals surface area contributed by atoms with Crippen molar-refractivity contribution >= 4 is 29.9 Å². The zero-order chi connectivity index (χ0) is 14.4. The SMILES string of the molecule is C=Cc1c(C2=C/CC\C=C/N=C(C)/C=C\2)c[nH]c1N=C.[HH]. The molecule has 2 heterocycles. The number of hydrogen-bond donors (Lipinski definition) is 1. The van der Waals surface area contributed by atoms with Gasteiger partial charge in [-0.15, -0.1) is 0 Å². The van der Waals surface area contributed by atoms with E-state index < -0.39 is 0 Å². The van der Waals surface area contributed by atoms with Gasteiger partial charge in [-0.2, -0.15) is 0 Å². The third-order valence-corrected chi connectivity index (χ3v) is 3.16. The molecule has 0 aliphatic carbocycles. The van der Waals surface area contributed by atoms with Gasteiger partial charge in [0, 0.05) is 30.7 Å². The molecule has 0 amide bonds. The number of allylic oxidation sites excluding steroid dienone is 5. The second-order valence-electron chi connectivity index (χ2n) is 4.55. The molecule has 0 unspecified atom stereocenters. The van der Waals surface area contributed by atoms with E-state index in [1.165, 1.54) is 0 Å². The Balaban J connectivity index is 0.00000220. The van der Waals surface area contributed by atoms with Crippen molar-refractivity contribution in [3.8, 4) is 0 Å². The molecule has 2 rings (SSSR count). The zero-order valence-corrected chi connectivity index (χ0v) is 11.8. The molecule has 1 aliphatic rings. The van der Waals surface area contributed by atoms with Crippen molar-refractivity contribution in [1.29, 1.82) is 0 Å². The van der Waals surface area contributed by atoms with E-state index in [1.54, 1.807) is 0 Å². The molecule has 1 aliphatic heterocycles. The van der Waals surface area contributed by atoms with Crippen molar-refractivity contribution in [2.75, 3.05) is 0 Å². The maximum Gasteiger partial charge on any atom is 0.137 e. The minimum atomic E-state index is 0. The van der Waals surface area contributed by atoms with Crippen LogP contribution in [0.15, 0.2) is 53.3 Å². The molecule has 0 radical (unpaired) electrons. The first-order valence-electron chi connectivity index (χ1n) is 6.65. The van der Waals surface area contributed by atoms with Gasteiger partial charge >= 0.3 is 0 Å². The lowest BCUT2D eigenvalue weighted by molar-refractivity contribution is 1.05. The average Bonchev–Trinajstić information content (AvgIpc) is 2.88. The molecule has 0 saturated heterocycles. The molecule has 1 N–H and O–H groups in total. The second-order valence-corrected chi connectivity index (χ2v) is 4.55. The summed E-state index contributed by atoms with van der Waals surface area (Å²) in [4.78, 5) is 11.5. The van der Waals surface area contributed by atoms with Crippen LogP contribution >= 0.6 is 0 Å². The number of H-pyrrole nitrogens is 1. The lowest BCUT2D eigenvalue weighted by Gasteiger charge is -2.04. The summed E-state index contributed by atoms with van der Waals surface area (Å²) in [6, 6.07) is 0. The molecular formula is C17H21N3. The van der Waals surface area contributed by atoms with Crippen LogP contribution in [0.2, 0.25) is 0 Å². The molecule has 104 valence electrons. The highest BCUT2D eigenvalue weighted by Crippen LogP contribution is 2.29. The van der Waals surface area contributed by atoms with Gasteiger partial charge in [-0.25, -0.2) is 4.99 Å². The molecule has 1 aromatic rings. The van der Waals surface area contributed by atoms with Crippen LogP contribution in [0.3, 0.4) is 0 Å². The maximum absolute atomic E-state index is 4.34. The molecule has 1 aromatic heterocycles. The molecule has 0 fully saturated rings. The minimum Gasteiger partial charge on any atom is -0.346 e. The Morgan fingerprint density at radius 2 is 2.25 bits per heavy atom. The summed E-state index contributed by atoms with van der Waals surface area (Å²) in [5.41, 5.74) is 4.21. The number of nitrogens with zero attached hydrogens (tertiary/aromatic N) is 2. The van der Waals surface area contributed by atoms with Gasteiger partial charge in [0.1, 0.15) is 5.82 Å². The van der Waals surface area contributed by atoms with Crippen molar-refractivity contribution in [2.45, 2.75) is 19.8 Å². The highest BCUT2D eigenvalue weighted by Gasteiger charge is 2.09. The summed E-state index contributed by atoms with van der Waals surface area (Å²) in [5.74, 6) is 0.756. The van der Waals surface area contributed by atoms with Crippen molar-refractivity contribution < 1.29 is 1.43 Å². The number of rotatable bonds is 3. The predicted octanol–water partition coefficient (Wildman–Crippen LogP) is 4.94. The van der Waals surface area contributed by atoms with Crippen molar-refractivity contribution in [1.82, 2.24) is 4.98 Å². The highest BCUT2D eigenvalue weighted by molar-refractivity contribution is 5.96. The summed E-state index contributed by atoms with van der Waals surface area (Å²) in [5, 5.41) is 0. The van der Waals surface area contributed by atoms with E-state index in [9.17, 15) is 0 Å². The Morgan fingerprint density at radius 3 is 3.00 bits per heavy atom. The van der Waals surface area contributed by atoms with Crippen LogP contribution in [0.5, 0.6) is 0 Å². The third-order valence-electron chi connectivity index (χ3n) is 3.16. The molecule has 0 spiro atoms. The van der Waals surface area contributed by atoms with Gasteiger partial charge in [-0.1, -0.05) is 30.9 Å². The number of hydrogen-bond acceptors (Lipinski definition) is 2. The summed E-state index contributed by atoms with van der Waals surface area (Å²) in [7, 11) is 0. The van der Waals surface area contributed by atoms with E-state index >= 15 is 0 Å². The number of nitrogens with one attached hydrogen (secondary N) is 1. The van der Waals surface area contributed by atoms with E-state index in [-0.39, 0.29) is 1.43 Å². The molecular weight excluding hydrogens is 246 g/mol. The Morgan fingerprint density at radius 1 is 1.40 bits per heavy atom. The first-order valence-corrected chi connectivity index (χ1v) is 6.65. The van der Waals surface area contributed by atoms with Crippen molar-refractivity contribution in [3.05, 3.63) is 54.4 Å². The summed E-state index contributed by atoms with van der Waals surface area (Å²) < 4.78 is 0. The molecule has 0 atom stereocenters. The zero-order valence-electron chi connectivity index (χ0n) is 11.8. The van der Waals surface area contributed by atoms with E-state index in [2.05, 4.69) is 46.5 Å². The van der Waals surface area contributed by atoms with Gasteiger partial charge in [0.2, 0.25) is 0 Å². The Hall–Kier alpha value is -2.42. The topological polar surface area (TPSA) is 40.5 Å². The van der Waals surface area contributed by atoms with Crippen LogP contribution in [-0.2, 0) is 0 Å². The first kappa shape index (κ1) is 14.0. The lowest BCUT2D eigenvalue weighted by atomic mass is 10.0. The Bertz CT molecular complexity index is 630. The average molecular weight is 267 g/mol. The molecule has 0 saturated carbocycles. The number of aliphatic imine (C=N–C) groups is 2. The molecule has 0 aromatic carbocycles. The van der Waals surface area contributed by atoms with Gasteiger partial charge in [-0.3, -0.25) is 4.99 Å². The fraction of sp³-hybridized carbons (Fsp3) is 0.176. The normalized spacial score (nSPS) is 23.9. The highest BCUT2D eigenvalue weighted by atomic mass is 14.9. The van der Waals surface area contributed by atoms with Gasteiger partial charge in [0.05, 0.1) is 0 Å². The largest absolute Gasteiger partial charge is 0.346 e. The maximum atomic E-state index is 4.34. The van der Waals surface area contributed by atoms with Crippen LogP contribution in [0, 0.1) is 0 Å². The van der Waals surface area contributed by atoms with Gasteiger partial charge in [-0.05, 0) is 38.1 Å². The number of aromatic nitrogens is 1. The summed E-state index contributed by atoms with van der Waals surface area (Å²) in [6.07, 6.45) is 16.0. The Kier molecular flexibility index (Phi) is 4.66. The summed E-state index contributed by atoms with van der Waals surface area (Å²) >= 11 is 0. The molecule has 3 heteroatoms. The van der Waals surface area contributed by atoms with Crippen molar-refractivity contribution in [3.63, 3.8) is 0 Å². The fourth-order valence-corrected chi connectivity index (χ4v) is 2.10. The van der Waals surface area contributed by atoms with Gasteiger partial charge in [0.15, 0.2) is 0 Å². The smallest absolute Gasteiger partial charge is 0.137 e. The predicted molar refractivity (Wildman–Crippen MR) is 90.8 cm³/mol. The second kappa shape index (κ2) is 6.66. The van der Waals surface area contributed by atoms with E-state index in [4.69, 9.17) is 0 Å². The third kappa shape index (κ3) is 3.12. The quantitative estimate of drug-likeness (QED) is 0.753. The fourth-order valence-electron chi connectivity index (χ4n) is 2.10. The van der Waals surface area contributed by atoms with Crippen molar-refractivity contribution in [2.24, 2.45) is 9.98 Å². The molecule has 0 bridgehead atoms. The van der Waals surface area contributed by atoms with E-state index in [1.807, 2.05) is 31.5 Å². The van der Waals surface area contributed by atoms with Gasteiger partial charge in [0.25, 0.3) is 0 Å². The summed E-state index contributed by atoms with van der Waals surface area (Å²) in [6.45, 7) is 9.43. The number of aromatic amines is 1. The van der Waals surface area contributed by atoms with E-state index in [0.717, 1.165) is 41.1 Å². The first-order chi connectivity index (χ1) is 9.76. The molecule has 3 nitrogen and oxygen atoms in total.